The van der Waals surface area contributed by atoms with Crippen LogP contribution < -0.4 is 16.0 Å². The third-order valence-electron chi connectivity index (χ3n) is 2.65. The molecule has 4 amide bonds. The molecule has 0 saturated carbocycles. The monoisotopic (exact) mass is 301 g/mol. The summed E-state index contributed by atoms with van der Waals surface area (Å²) < 4.78 is 0.651. The van der Waals surface area contributed by atoms with Crippen LogP contribution in [0.5, 0.6) is 0 Å². The van der Waals surface area contributed by atoms with Gasteiger partial charge in [0, 0.05) is 4.88 Å². The molecule has 2 atom stereocenters. The minimum atomic E-state index is -0.799. The Hall–Kier alpha value is -1.60. The average molecular weight is 302 g/mol. The molecule has 3 N–H and O–H groups in total. The van der Waals surface area contributed by atoms with E-state index in [1.54, 1.807) is 6.07 Å². The van der Waals surface area contributed by atoms with Crippen molar-refractivity contribution in [2.24, 2.45) is 0 Å². The van der Waals surface area contributed by atoms with Gasteiger partial charge >= 0.3 is 6.03 Å². The van der Waals surface area contributed by atoms with E-state index < -0.39 is 18.0 Å². The van der Waals surface area contributed by atoms with E-state index in [1.807, 2.05) is 13.0 Å². The highest BCUT2D eigenvalue weighted by atomic mass is 35.5. The molecule has 1 aromatic rings. The molecule has 6 nitrogen and oxygen atoms in total. The number of imide groups is 1. The highest BCUT2D eigenvalue weighted by molar-refractivity contribution is 7.16. The van der Waals surface area contributed by atoms with Crippen LogP contribution >= 0.6 is 22.9 Å². The Bertz CT molecular complexity index is 531. The number of nitrogens with one attached hydrogen (secondary N) is 3. The molecule has 1 saturated heterocycles. The minimum absolute atomic E-state index is 0.0823. The van der Waals surface area contributed by atoms with Crippen LogP contribution in [0.25, 0.3) is 0 Å². The minimum Gasteiger partial charge on any atom is -0.349 e. The molecule has 2 rings (SSSR count). The molecule has 2 heterocycles. The van der Waals surface area contributed by atoms with Crippen molar-refractivity contribution in [2.75, 3.05) is 0 Å². The first-order chi connectivity index (χ1) is 8.95. The molecule has 8 heteroatoms. The molecule has 0 spiro atoms. The number of hydrogen-bond donors (Lipinski definition) is 3. The Balaban J connectivity index is 1.87. The van der Waals surface area contributed by atoms with Gasteiger partial charge in [-0.2, -0.15) is 0 Å². The van der Waals surface area contributed by atoms with E-state index in [4.69, 9.17) is 11.6 Å². The Morgan fingerprint density at radius 2 is 2.26 bits per heavy atom. The molecule has 0 radical (unpaired) electrons. The van der Waals surface area contributed by atoms with Gasteiger partial charge in [-0.3, -0.25) is 14.9 Å². The van der Waals surface area contributed by atoms with Crippen molar-refractivity contribution in [3.63, 3.8) is 0 Å². The van der Waals surface area contributed by atoms with Crippen LogP contribution in [0, 0.1) is 0 Å². The zero-order valence-corrected chi connectivity index (χ0v) is 11.6. The van der Waals surface area contributed by atoms with Gasteiger partial charge in [-0.25, -0.2) is 4.79 Å². The van der Waals surface area contributed by atoms with Gasteiger partial charge in [0.25, 0.3) is 5.91 Å². The molecule has 1 aliphatic heterocycles. The predicted octanol–water partition coefficient (Wildman–Crippen LogP) is 1.18. The molecule has 0 bridgehead atoms. The second-order valence-corrected chi connectivity index (χ2v) is 5.90. The predicted molar refractivity (Wildman–Crippen MR) is 71.0 cm³/mol. The highest BCUT2D eigenvalue weighted by Crippen LogP contribution is 2.26. The summed E-state index contributed by atoms with van der Waals surface area (Å²) in [6.45, 7) is 1.83. The summed E-state index contributed by atoms with van der Waals surface area (Å²) in [5, 5.41) is 7.20. The van der Waals surface area contributed by atoms with Gasteiger partial charge in [-0.15, -0.1) is 11.3 Å². The zero-order valence-electron chi connectivity index (χ0n) is 10.0. The fourth-order valence-corrected chi connectivity index (χ4v) is 2.78. The van der Waals surface area contributed by atoms with Crippen molar-refractivity contribution in [1.82, 2.24) is 16.0 Å². The van der Waals surface area contributed by atoms with Gasteiger partial charge in [0.15, 0.2) is 0 Å². The van der Waals surface area contributed by atoms with Crippen LogP contribution in [0.1, 0.15) is 24.3 Å². The van der Waals surface area contributed by atoms with E-state index in [2.05, 4.69) is 16.0 Å². The molecular weight excluding hydrogens is 290 g/mol. The van der Waals surface area contributed by atoms with Crippen molar-refractivity contribution in [2.45, 2.75) is 25.4 Å². The van der Waals surface area contributed by atoms with Gasteiger partial charge in [0.1, 0.15) is 6.04 Å². The summed E-state index contributed by atoms with van der Waals surface area (Å²) in [5.74, 6) is -0.786. The van der Waals surface area contributed by atoms with Crippen molar-refractivity contribution in [3.8, 4) is 0 Å². The Morgan fingerprint density at radius 3 is 2.79 bits per heavy atom. The maximum absolute atomic E-state index is 11.8. The molecule has 1 aliphatic rings. The number of carbonyl (C=O) groups excluding carboxylic acids is 3. The summed E-state index contributed by atoms with van der Waals surface area (Å²) in [4.78, 5) is 34.9. The summed E-state index contributed by atoms with van der Waals surface area (Å²) in [7, 11) is 0. The van der Waals surface area contributed by atoms with Crippen LogP contribution in [0.2, 0.25) is 4.34 Å². The first-order valence-electron chi connectivity index (χ1n) is 5.61. The lowest BCUT2D eigenvalue weighted by molar-refractivity contribution is -0.126. The Kier molecular flexibility index (Phi) is 4.06. The van der Waals surface area contributed by atoms with E-state index in [0.717, 1.165) is 4.88 Å². The third kappa shape index (κ3) is 3.45. The van der Waals surface area contributed by atoms with Gasteiger partial charge in [0.2, 0.25) is 5.91 Å². The van der Waals surface area contributed by atoms with Gasteiger partial charge in [0.05, 0.1) is 16.8 Å². The SMILES string of the molecule is C[C@H](NC(=O)C[C@H]1NC(=O)NC1=O)c1ccc(Cl)s1. The van der Waals surface area contributed by atoms with Crippen LogP contribution in [-0.4, -0.2) is 23.9 Å². The van der Waals surface area contributed by atoms with E-state index >= 15 is 0 Å². The van der Waals surface area contributed by atoms with Crippen LogP contribution in [-0.2, 0) is 9.59 Å². The number of thiophene rings is 1. The lowest BCUT2D eigenvalue weighted by Gasteiger charge is -2.13. The van der Waals surface area contributed by atoms with Gasteiger partial charge < -0.3 is 10.6 Å². The quantitative estimate of drug-likeness (QED) is 0.730. The number of hydrogen-bond acceptors (Lipinski definition) is 4. The van der Waals surface area contributed by atoms with Crippen LogP contribution in [0.15, 0.2) is 12.1 Å². The summed E-state index contributed by atoms with van der Waals surface area (Å²) in [5.41, 5.74) is 0. The molecule has 1 aromatic heterocycles. The molecule has 0 aliphatic carbocycles. The second-order valence-electron chi connectivity index (χ2n) is 4.15. The largest absolute Gasteiger partial charge is 0.349 e. The summed E-state index contributed by atoms with van der Waals surface area (Å²) >= 11 is 7.20. The third-order valence-corrected chi connectivity index (χ3v) is 4.06. The number of urea groups is 1. The normalized spacial score (nSPS) is 19.8. The first kappa shape index (κ1) is 13.8. The highest BCUT2D eigenvalue weighted by Gasteiger charge is 2.31. The van der Waals surface area contributed by atoms with E-state index in [1.165, 1.54) is 11.3 Å². The molecule has 0 aromatic carbocycles. The van der Waals surface area contributed by atoms with Crippen molar-refractivity contribution in [3.05, 3.63) is 21.3 Å². The maximum atomic E-state index is 11.8. The van der Waals surface area contributed by atoms with Gasteiger partial charge in [-0.05, 0) is 19.1 Å². The average Bonchev–Trinajstić information content (AvgIpc) is 2.86. The van der Waals surface area contributed by atoms with Crippen molar-refractivity contribution < 1.29 is 14.4 Å². The van der Waals surface area contributed by atoms with Crippen LogP contribution in [0.3, 0.4) is 0 Å². The fourth-order valence-electron chi connectivity index (χ4n) is 1.72. The molecular formula is C11H12ClN3O3S. The fraction of sp³-hybridized carbons (Fsp3) is 0.364. The standard InChI is InChI=1S/C11H12ClN3O3S/c1-5(7-2-3-8(12)19-7)13-9(16)4-6-10(17)15-11(18)14-6/h2-3,5-6H,4H2,1H3,(H,13,16)(H2,14,15,17,18)/t5-,6+/m0/s1. The number of amides is 4. The summed E-state index contributed by atoms with van der Waals surface area (Å²) in [6.07, 6.45) is -0.0823. The van der Waals surface area contributed by atoms with Crippen molar-refractivity contribution >= 4 is 40.8 Å². The van der Waals surface area contributed by atoms with E-state index in [0.29, 0.717) is 4.34 Å². The molecule has 1 fully saturated rings. The van der Waals surface area contributed by atoms with E-state index in [-0.39, 0.29) is 18.4 Å². The maximum Gasteiger partial charge on any atom is 0.322 e. The number of carbonyl (C=O) groups is 3. The van der Waals surface area contributed by atoms with E-state index in [9.17, 15) is 14.4 Å². The molecule has 102 valence electrons. The zero-order chi connectivity index (χ0) is 14.0. The van der Waals surface area contributed by atoms with Crippen LogP contribution in [0.4, 0.5) is 4.79 Å². The topological polar surface area (TPSA) is 87.3 Å². The Labute approximate surface area is 118 Å². The second kappa shape index (κ2) is 5.58. The van der Waals surface area contributed by atoms with Crippen molar-refractivity contribution in [1.29, 1.82) is 0 Å². The molecule has 19 heavy (non-hydrogen) atoms. The van der Waals surface area contributed by atoms with Gasteiger partial charge in [-0.1, -0.05) is 11.6 Å². The number of halogens is 1. The lowest BCUT2D eigenvalue weighted by Crippen LogP contribution is -2.36. The lowest BCUT2D eigenvalue weighted by atomic mass is 10.2. The Morgan fingerprint density at radius 1 is 1.53 bits per heavy atom. The smallest absolute Gasteiger partial charge is 0.322 e. The number of rotatable bonds is 4. The summed E-state index contributed by atoms with van der Waals surface area (Å²) in [6, 6.07) is 2.04. The molecule has 0 unspecified atom stereocenters. The first-order valence-corrected chi connectivity index (χ1v) is 6.81.